The van der Waals surface area contributed by atoms with Crippen molar-refractivity contribution < 1.29 is 13.2 Å². The molecule has 2 nitrogen and oxygen atoms in total. The number of halogens is 2. The Bertz CT molecular complexity index is 454. The van der Waals surface area contributed by atoms with Crippen LogP contribution in [0.15, 0.2) is 22.6 Å². The topological polar surface area (TPSA) is 39.2 Å². The molecule has 1 heterocycles. The van der Waals surface area contributed by atoms with Crippen molar-refractivity contribution >= 4 is 11.0 Å². The van der Waals surface area contributed by atoms with Crippen molar-refractivity contribution in [1.29, 1.82) is 0 Å². The van der Waals surface area contributed by atoms with Crippen LogP contribution in [0.5, 0.6) is 0 Å². The molecule has 1 aromatic heterocycles. The molecule has 1 unspecified atom stereocenters. The van der Waals surface area contributed by atoms with Crippen LogP contribution in [0.25, 0.3) is 11.0 Å². The highest BCUT2D eigenvalue weighted by Crippen LogP contribution is 2.28. The first-order valence-corrected chi connectivity index (χ1v) is 4.76. The van der Waals surface area contributed by atoms with Gasteiger partial charge in [0, 0.05) is 0 Å². The molecule has 0 spiro atoms. The summed E-state index contributed by atoms with van der Waals surface area (Å²) in [6.45, 7) is 1.88. The molecule has 0 bridgehead atoms. The third-order valence-corrected chi connectivity index (χ3v) is 2.41. The summed E-state index contributed by atoms with van der Waals surface area (Å²) in [5.41, 5.74) is 5.66. The fourth-order valence-electron chi connectivity index (χ4n) is 1.46. The summed E-state index contributed by atoms with van der Waals surface area (Å²) < 4.78 is 31.7. The molecular formula is C11H11F2NO. The predicted molar refractivity (Wildman–Crippen MR) is 53.3 cm³/mol. The zero-order valence-electron chi connectivity index (χ0n) is 8.26. The Hall–Kier alpha value is -1.42. The number of benzene rings is 1. The number of furan rings is 1. The van der Waals surface area contributed by atoms with Crippen molar-refractivity contribution in [2.75, 3.05) is 0 Å². The van der Waals surface area contributed by atoms with E-state index in [1.165, 1.54) is 6.07 Å². The molecule has 0 fully saturated rings. The summed E-state index contributed by atoms with van der Waals surface area (Å²) in [4.78, 5) is 0. The van der Waals surface area contributed by atoms with Crippen LogP contribution in [0.2, 0.25) is 0 Å². The summed E-state index contributed by atoms with van der Waals surface area (Å²) in [5.74, 6) is -0.651. The third-order valence-electron chi connectivity index (χ3n) is 2.41. The SMILES string of the molecule is CCC(N)c1cc2c(F)ccc(F)c2o1. The highest BCUT2D eigenvalue weighted by molar-refractivity contribution is 5.79. The molecule has 0 amide bonds. The van der Waals surface area contributed by atoms with Gasteiger partial charge < -0.3 is 10.2 Å². The average Bonchev–Trinajstić information content (AvgIpc) is 2.68. The first kappa shape index (κ1) is 10.1. The predicted octanol–water partition coefficient (Wildman–Crippen LogP) is 3.12. The molecule has 2 aromatic rings. The van der Waals surface area contributed by atoms with E-state index in [4.69, 9.17) is 10.2 Å². The zero-order valence-corrected chi connectivity index (χ0v) is 8.26. The van der Waals surface area contributed by atoms with Gasteiger partial charge in [-0.05, 0) is 24.6 Å². The van der Waals surface area contributed by atoms with Gasteiger partial charge in [-0.25, -0.2) is 8.78 Å². The van der Waals surface area contributed by atoms with E-state index in [1.807, 2.05) is 6.92 Å². The molecule has 80 valence electrons. The minimum atomic E-state index is -0.569. The van der Waals surface area contributed by atoms with Crippen LogP contribution in [0.3, 0.4) is 0 Å². The third kappa shape index (κ3) is 1.61. The molecule has 1 aromatic carbocycles. The number of fused-ring (bicyclic) bond motifs is 1. The van der Waals surface area contributed by atoms with Gasteiger partial charge >= 0.3 is 0 Å². The van der Waals surface area contributed by atoms with Gasteiger partial charge in [-0.3, -0.25) is 0 Å². The van der Waals surface area contributed by atoms with Gasteiger partial charge in [0.25, 0.3) is 0 Å². The standard InChI is InChI=1S/C11H11F2NO/c1-2-9(14)10-5-6-7(12)3-4-8(13)11(6)15-10/h3-5,9H,2,14H2,1H3. The van der Waals surface area contributed by atoms with Gasteiger partial charge in [-0.15, -0.1) is 0 Å². The second kappa shape index (κ2) is 3.62. The highest BCUT2D eigenvalue weighted by Gasteiger charge is 2.15. The monoisotopic (exact) mass is 211 g/mol. The summed E-state index contributed by atoms with van der Waals surface area (Å²) in [6.07, 6.45) is 0.656. The first-order chi connectivity index (χ1) is 7.13. The molecule has 0 aliphatic rings. The molecule has 0 aliphatic carbocycles. The second-order valence-electron chi connectivity index (χ2n) is 3.44. The molecule has 15 heavy (non-hydrogen) atoms. The minimum Gasteiger partial charge on any atom is -0.456 e. The normalized spacial score (nSPS) is 13.3. The molecular weight excluding hydrogens is 200 g/mol. The zero-order chi connectivity index (χ0) is 11.0. The van der Waals surface area contributed by atoms with Gasteiger partial charge in [-0.1, -0.05) is 6.92 Å². The number of rotatable bonds is 2. The summed E-state index contributed by atoms with van der Waals surface area (Å²) in [6, 6.07) is 3.26. The number of hydrogen-bond donors (Lipinski definition) is 1. The maximum absolute atomic E-state index is 13.3. The van der Waals surface area contributed by atoms with E-state index in [9.17, 15) is 8.78 Å². The molecule has 1 atom stereocenters. The van der Waals surface area contributed by atoms with E-state index >= 15 is 0 Å². The Morgan fingerprint density at radius 1 is 1.33 bits per heavy atom. The van der Waals surface area contributed by atoms with E-state index < -0.39 is 11.6 Å². The molecule has 4 heteroatoms. The van der Waals surface area contributed by atoms with Gasteiger partial charge in [-0.2, -0.15) is 0 Å². The lowest BCUT2D eigenvalue weighted by Gasteiger charge is -2.02. The van der Waals surface area contributed by atoms with Crippen molar-refractivity contribution in [3.05, 3.63) is 35.6 Å². The van der Waals surface area contributed by atoms with Gasteiger partial charge in [0.15, 0.2) is 11.4 Å². The Kier molecular flexibility index (Phi) is 2.44. The molecule has 0 saturated heterocycles. The van der Waals surface area contributed by atoms with Gasteiger partial charge in [0.2, 0.25) is 0 Å². The quantitative estimate of drug-likeness (QED) is 0.828. The largest absolute Gasteiger partial charge is 0.456 e. The first-order valence-electron chi connectivity index (χ1n) is 4.76. The molecule has 2 rings (SSSR count). The van der Waals surface area contributed by atoms with Crippen molar-refractivity contribution in [3.8, 4) is 0 Å². The lowest BCUT2D eigenvalue weighted by Crippen LogP contribution is -2.06. The lowest BCUT2D eigenvalue weighted by atomic mass is 10.1. The number of hydrogen-bond acceptors (Lipinski definition) is 2. The van der Waals surface area contributed by atoms with Crippen LogP contribution in [-0.4, -0.2) is 0 Å². The van der Waals surface area contributed by atoms with Crippen LogP contribution < -0.4 is 5.73 Å². The van der Waals surface area contributed by atoms with E-state index in [1.54, 1.807) is 0 Å². The Balaban J connectivity index is 2.64. The highest BCUT2D eigenvalue weighted by atomic mass is 19.1. The van der Waals surface area contributed by atoms with Crippen LogP contribution in [0.4, 0.5) is 8.78 Å². The fourth-order valence-corrected chi connectivity index (χ4v) is 1.46. The lowest BCUT2D eigenvalue weighted by molar-refractivity contribution is 0.473. The molecule has 0 aliphatic heterocycles. The van der Waals surface area contributed by atoms with E-state index in [2.05, 4.69) is 0 Å². The molecule has 0 radical (unpaired) electrons. The van der Waals surface area contributed by atoms with Crippen LogP contribution in [-0.2, 0) is 0 Å². The fraction of sp³-hybridized carbons (Fsp3) is 0.273. The van der Waals surface area contributed by atoms with Crippen LogP contribution in [0, 0.1) is 11.6 Å². The second-order valence-corrected chi connectivity index (χ2v) is 3.44. The average molecular weight is 211 g/mol. The van der Waals surface area contributed by atoms with Crippen molar-refractivity contribution in [1.82, 2.24) is 0 Å². The molecule has 0 saturated carbocycles. The smallest absolute Gasteiger partial charge is 0.172 e. The van der Waals surface area contributed by atoms with Crippen molar-refractivity contribution in [2.24, 2.45) is 5.73 Å². The van der Waals surface area contributed by atoms with Gasteiger partial charge in [0.1, 0.15) is 11.6 Å². The maximum atomic E-state index is 13.3. The maximum Gasteiger partial charge on any atom is 0.172 e. The van der Waals surface area contributed by atoms with Crippen molar-refractivity contribution in [2.45, 2.75) is 19.4 Å². The van der Waals surface area contributed by atoms with Crippen molar-refractivity contribution in [3.63, 3.8) is 0 Å². The summed E-state index contributed by atoms with van der Waals surface area (Å²) >= 11 is 0. The van der Waals surface area contributed by atoms with E-state index in [0.717, 1.165) is 12.1 Å². The Morgan fingerprint density at radius 3 is 2.60 bits per heavy atom. The van der Waals surface area contributed by atoms with E-state index in [-0.39, 0.29) is 17.0 Å². The summed E-state index contributed by atoms with van der Waals surface area (Å²) in [7, 11) is 0. The number of nitrogens with two attached hydrogens (primary N) is 1. The molecule has 2 N–H and O–H groups in total. The summed E-state index contributed by atoms with van der Waals surface area (Å²) in [5, 5.41) is 0.147. The van der Waals surface area contributed by atoms with Crippen LogP contribution >= 0.6 is 0 Å². The van der Waals surface area contributed by atoms with Gasteiger partial charge in [0.05, 0.1) is 11.4 Å². The van der Waals surface area contributed by atoms with Crippen LogP contribution in [0.1, 0.15) is 25.1 Å². The Labute approximate surface area is 85.7 Å². The minimum absolute atomic E-state index is 0.0612. The van der Waals surface area contributed by atoms with E-state index in [0.29, 0.717) is 12.2 Å². The Morgan fingerprint density at radius 2 is 2.00 bits per heavy atom.